The van der Waals surface area contributed by atoms with Gasteiger partial charge < -0.3 is 14.2 Å². The lowest BCUT2D eigenvalue weighted by Gasteiger charge is -2.18. The van der Waals surface area contributed by atoms with Crippen molar-refractivity contribution in [3.05, 3.63) is 36.5 Å². The fraction of sp³-hybridized carbons (Fsp3) is 0.842. The molecule has 1 atom stereocenters. The van der Waals surface area contributed by atoms with Gasteiger partial charge in [0.05, 0.1) is 0 Å². The van der Waals surface area contributed by atoms with Crippen molar-refractivity contribution in [2.75, 3.05) is 13.2 Å². The molecule has 0 saturated heterocycles. The van der Waals surface area contributed by atoms with Crippen molar-refractivity contribution in [1.82, 2.24) is 0 Å². The lowest BCUT2D eigenvalue weighted by Crippen LogP contribution is -2.30. The highest BCUT2D eigenvalue weighted by atomic mass is 16.6. The Morgan fingerprint density at radius 2 is 0.587 bits per heavy atom. The van der Waals surface area contributed by atoms with Crippen molar-refractivity contribution in [2.24, 2.45) is 0 Å². The van der Waals surface area contributed by atoms with Crippen LogP contribution in [0.1, 0.15) is 290 Å². The Hall–Kier alpha value is -2.37. The summed E-state index contributed by atoms with van der Waals surface area (Å²) in [4.78, 5) is 38.0. The van der Waals surface area contributed by atoms with Gasteiger partial charge in [-0.05, 0) is 70.6 Å². The third-order valence-corrected chi connectivity index (χ3v) is 12.1. The molecule has 0 aliphatic rings. The van der Waals surface area contributed by atoms with Gasteiger partial charge in [0.1, 0.15) is 13.2 Å². The maximum absolute atomic E-state index is 12.8. The molecule has 6 heteroatoms. The van der Waals surface area contributed by atoms with Crippen molar-refractivity contribution in [1.29, 1.82) is 0 Å². The molecule has 0 aliphatic heterocycles. The predicted molar refractivity (Wildman–Crippen MR) is 270 cm³/mol. The number of ether oxygens (including phenoxy) is 3. The number of esters is 3. The molecule has 0 spiro atoms. The number of unbranched alkanes of at least 4 members (excludes halogenated alkanes) is 33. The minimum Gasteiger partial charge on any atom is -0.462 e. The van der Waals surface area contributed by atoms with Crippen LogP contribution in [0.4, 0.5) is 0 Å². The molecule has 0 amide bonds. The molecule has 63 heavy (non-hydrogen) atoms. The van der Waals surface area contributed by atoms with E-state index in [-0.39, 0.29) is 31.1 Å². The molecule has 0 aromatic rings. The molecule has 0 heterocycles. The average molecular weight is 885 g/mol. The molecule has 0 radical (unpaired) electrons. The maximum atomic E-state index is 12.8. The molecule has 0 aromatic heterocycles. The zero-order valence-corrected chi connectivity index (χ0v) is 42.1. The van der Waals surface area contributed by atoms with E-state index in [4.69, 9.17) is 14.2 Å². The van der Waals surface area contributed by atoms with Gasteiger partial charge in [0.15, 0.2) is 6.10 Å². The summed E-state index contributed by atoms with van der Waals surface area (Å²) >= 11 is 0. The molecular formula is C57H104O6. The molecule has 0 aliphatic carbocycles. The summed E-state index contributed by atoms with van der Waals surface area (Å²) in [5.41, 5.74) is 0. The summed E-state index contributed by atoms with van der Waals surface area (Å²) in [5, 5.41) is 0. The van der Waals surface area contributed by atoms with Crippen LogP contribution in [0.5, 0.6) is 0 Å². The van der Waals surface area contributed by atoms with Crippen molar-refractivity contribution in [2.45, 2.75) is 297 Å². The molecular weight excluding hydrogens is 781 g/mol. The number of carbonyl (C=O) groups is 3. The van der Waals surface area contributed by atoms with Crippen molar-refractivity contribution < 1.29 is 28.6 Å². The van der Waals surface area contributed by atoms with Crippen LogP contribution in [0.3, 0.4) is 0 Å². The zero-order chi connectivity index (χ0) is 45.8. The second-order valence-electron chi connectivity index (χ2n) is 18.5. The van der Waals surface area contributed by atoms with E-state index in [9.17, 15) is 14.4 Å². The summed E-state index contributed by atoms with van der Waals surface area (Å²) in [6.45, 7) is 6.60. The van der Waals surface area contributed by atoms with Gasteiger partial charge in [0.25, 0.3) is 0 Å². The lowest BCUT2D eigenvalue weighted by atomic mass is 10.0. The minimum atomic E-state index is -0.774. The smallest absolute Gasteiger partial charge is 0.306 e. The van der Waals surface area contributed by atoms with E-state index in [2.05, 4.69) is 57.2 Å². The lowest BCUT2D eigenvalue weighted by molar-refractivity contribution is -0.167. The molecule has 0 unspecified atom stereocenters. The van der Waals surface area contributed by atoms with E-state index in [1.807, 2.05) is 0 Å². The quantitative estimate of drug-likeness (QED) is 0.0262. The van der Waals surface area contributed by atoms with Crippen molar-refractivity contribution >= 4 is 17.9 Å². The molecule has 6 nitrogen and oxygen atoms in total. The number of rotatable bonds is 50. The van der Waals surface area contributed by atoms with Gasteiger partial charge >= 0.3 is 17.9 Å². The number of hydrogen-bond acceptors (Lipinski definition) is 6. The van der Waals surface area contributed by atoms with Crippen LogP contribution in [0.2, 0.25) is 0 Å². The first-order valence-electron chi connectivity index (χ1n) is 27.5. The molecule has 0 fully saturated rings. The topological polar surface area (TPSA) is 78.9 Å². The first-order chi connectivity index (χ1) is 31.0. The molecule has 0 bridgehead atoms. The highest BCUT2D eigenvalue weighted by molar-refractivity contribution is 5.71. The Labute approximate surface area is 391 Å². The fourth-order valence-electron chi connectivity index (χ4n) is 7.93. The van der Waals surface area contributed by atoms with Crippen LogP contribution in [0.15, 0.2) is 36.5 Å². The first-order valence-corrected chi connectivity index (χ1v) is 27.5. The molecule has 0 saturated carbocycles. The van der Waals surface area contributed by atoms with Crippen LogP contribution in [-0.2, 0) is 28.6 Å². The fourth-order valence-corrected chi connectivity index (χ4v) is 7.93. The van der Waals surface area contributed by atoms with Crippen LogP contribution < -0.4 is 0 Å². The SMILES string of the molecule is CCCC/C=C\CCCCCCCC(=O)O[C@H](COC(=O)CCCCCCCCCCC/C=C\C/C=C\CCCCC)COC(=O)CCCCCCCCCCCCCCCCC. The van der Waals surface area contributed by atoms with Crippen LogP contribution in [0, 0.1) is 0 Å². The Morgan fingerprint density at radius 1 is 0.317 bits per heavy atom. The molecule has 0 aromatic carbocycles. The monoisotopic (exact) mass is 885 g/mol. The second-order valence-corrected chi connectivity index (χ2v) is 18.5. The second kappa shape index (κ2) is 52.3. The van der Waals surface area contributed by atoms with Crippen LogP contribution >= 0.6 is 0 Å². The number of hydrogen-bond donors (Lipinski definition) is 0. The van der Waals surface area contributed by atoms with Crippen LogP contribution in [0.25, 0.3) is 0 Å². The third-order valence-electron chi connectivity index (χ3n) is 12.1. The highest BCUT2D eigenvalue weighted by Gasteiger charge is 2.19. The summed E-state index contributed by atoms with van der Waals surface area (Å²) in [6, 6.07) is 0. The molecule has 0 rings (SSSR count). The number of allylic oxidation sites excluding steroid dienone is 6. The summed E-state index contributed by atoms with van der Waals surface area (Å²) in [5.74, 6) is -0.875. The minimum absolute atomic E-state index is 0.0735. The number of carbonyl (C=O) groups excluding carboxylic acids is 3. The third kappa shape index (κ3) is 50.5. The zero-order valence-electron chi connectivity index (χ0n) is 42.1. The van der Waals surface area contributed by atoms with Gasteiger partial charge in [-0.3, -0.25) is 14.4 Å². The molecule has 0 N–H and O–H groups in total. The van der Waals surface area contributed by atoms with Gasteiger partial charge in [0, 0.05) is 19.3 Å². The van der Waals surface area contributed by atoms with E-state index >= 15 is 0 Å². The normalized spacial score (nSPS) is 12.2. The van der Waals surface area contributed by atoms with Gasteiger partial charge in [-0.15, -0.1) is 0 Å². The van der Waals surface area contributed by atoms with E-state index in [0.29, 0.717) is 19.3 Å². The Balaban J connectivity index is 4.29. The van der Waals surface area contributed by atoms with E-state index < -0.39 is 6.10 Å². The van der Waals surface area contributed by atoms with Crippen molar-refractivity contribution in [3.63, 3.8) is 0 Å². The van der Waals surface area contributed by atoms with Gasteiger partial charge in [0.2, 0.25) is 0 Å². The van der Waals surface area contributed by atoms with Gasteiger partial charge in [-0.2, -0.15) is 0 Å². The standard InChI is InChI=1S/C57H104O6/c1-4-7-10-13-16-19-22-24-26-27-28-29-31-33-36-38-41-44-47-50-56(59)62-53-54(63-57(60)51-48-45-42-39-34-21-18-15-12-9-6-3)52-61-55(58)49-46-43-40-37-35-32-30-25-23-20-17-14-11-8-5-2/h15-16,18-19,24,26,54H,4-14,17,20-23,25,27-53H2,1-3H3/b18-15-,19-16-,26-24-/t54-/m0/s1. The van der Waals surface area contributed by atoms with E-state index in [0.717, 1.165) is 77.0 Å². The highest BCUT2D eigenvalue weighted by Crippen LogP contribution is 2.16. The van der Waals surface area contributed by atoms with Crippen LogP contribution in [-0.4, -0.2) is 37.2 Å². The largest absolute Gasteiger partial charge is 0.462 e. The summed E-state index contributed by atoms with van der Waals surface area (Å²) < 4.78 is 16.8. The van der Waals surface area contributed by atoms with E-state index in [1.165, 1.54) is 173 Å². The van der Waals surface area contributed by atoms with Crippen molar-refractivity contribution in [3.8, 4) is 0 Å². The Bertz CT molecular complexity index is 1060. The predicted octanol–water partition coefficient (Wildman–Crippen LogP) is 18.1. The summed E-state index contributed by atoms with van der Waals surface area (Å²) in [7, 11) is 0. The summed E-state index contributed by atoms with van der Waals surface area (Å²) in [6.07, 6.45) is 61.3. The Morgan fingerprint density at radius 3 is 0.968 bits per heavy atom. The first kappa shape index (κ1) is 60.6. The van der Waals surface area contributed by atoms with Gasteiger partial charge in [-0.1, -0.05) is 237 Å². The van der Waals surface area contributed by atoms with Gasteiger partial charge in [-0.25, -0.2) is 0 Å². The maximum Gasteiger partial charge on any atom is 0.306 e. The van der Waals surface area contributed by atoms with E-state index in [1.54, 1.807) is 0 Å². The Kier molecular flexibility index (Phi) is 50.3. The average Bonchev–Trinajstić information content (AvgIpc) is 3.28. The molecule has 368 valence electrons.